The Labute approximate surface area is 176 Å². The quantitative estimate of drug-likeness (QED) is 0.340. The van der Waals surface area contributed by atoms with E-state index in [4.69, 9.17) is 25.5 Å². The van der Waals surface area contributed by atoms with Crippen molar-refractivity contribution in [2.75, 3.05) is 14.2 Å². The van der Waals surface area contributed by atoms with E-state index >= 15 is 0 Å². The predicted octanol–water partition coefficient (Wildman–Crippen LogP) is 4.29. The number of hydrazone groups is 1. The number of hydrogen-bond donors (Lipinski definition) is 1. The number of halogens is 1. The molecule has 1 N–H and O–H groups in total. The van der Waals surface area contributed by atoms with Crippen LogP contribution in [0.25, 0.3) is 11.3 Å². The van der Waals surface area contributed by atoms with Gasteiger partial charge in [-0.05, 0) is 36.4 Å². The Kier molecular flexibility index (Phi) is 6.33. The molecule has 0 saturated carbocycles. The van der Waals surface area contributed by atoms with Gasteiger partial charge in [0.25, 0.3) is 11.6 Å². The van der Waals surface area contributed by atoms with E-state index in [1.807, 2.05) is 0 Å². The maximum Gasteiger partial charge on any atom is 0.288 e. The molecule has 1 amide bonds. The molecule has 0 spiro atoms. The zero-order valence-electron chi connectivity index (χ0n) is 15.9. The number of hydrogen-bond acceptors (Lipinski definition) is 7. The molecule has 10 heteroatoms. The van der Waals surface area contributed by atoms with Crippen LogP contribution in [0.5, 0.6) is 11.5 Å². The van der Waals surface area contributed by atoms with Crippen molar-refractivity contribution >= 4 is 29.4 Å². The summed E-state index contributed by atoms with van der Waals surface area (Å²) in [5, 5.41) is 14.9. The highest BCUT2D eigenvalue weighted by Crippen LogP contribution is 2.31. The lowest BCUT2D eigenvalue weighted by Gasteiger charge is -2.08. The molecule has 0 atom stereocenters. The number of rotatable bonds is 7. The molecule has 154 valence electrons. The molecule has 30 heavy (non-hydrogen) atoms. The average Bonchev–Trinajstić information content (AvgIpc) is 3.22. The monoisotopic (exact) mass is 429 g/mol. The normalized spacial score (nSPS) is 10.8. The van der Waals surface area contributed by atoms with Gasteiger partial charge in [0.15, 0.2) is 0 Å². The molecular weight excluding hydrogens is 414 g/mol. The fraction of sp³-hybridized carbons (Fsp3) is 0.100. The number of benzene rings is 2. The zero-order valence-corrected chi connectivity index (χ0v) is 16.7. The van der Waals surface area contributed by atoms with Crippen molar-refractivity contribution in [3.8, 4) is 22.8 Å². The molecule has 0 fully saturated rings. The van der Waals surface area contributed by atoms with E-state index < -0.39 is 10.8 Å². The third-order valence-corrected chi connectivity index (χ3v) is 4.38. The van der Waals surface area contributed by atoms with Crippen molar-refractivity contribution in [3.05, 3.63) is 75.0 Å². The summed E-state index contributed by atoms with van der Waals surface area (Å²) in [6, 6.07) is 12.4. The van der Waals surface area contributed by atoms with Crippen molar-refractivity contribution in [3.63, 3.8) is 0 Å². The van der Waals surface area contributed by atoms with Crippen LogP contribution in [0.3, 0.4) is 0 Å². The molecule has 0 bridgehead atoms. The molecule has 0 unspecified atom stereocenters. The minimum Gasteiger partial charge on any atom is -0.497 e. The summed E-state index contributed by atoms with van der Waals surface area (Å²) in [5.41, 5.74) is 2.93. The second kappa shape index (κ2) is 9.10. The molecule has 3 aromatic rings. The smallest absolute Gasteiger partial charge is 0.288 e. The number of amides is 1. The van der Waals surface area contributed by atoms with E-state index in [0.717, 1.165) is 0 Å². The van der Waals surface area contributed by atoms with Gasteiger partial charge < -0.3 is 13.9 Å². The summed E-state index contributed by atoms with van der Waals surface area (Å²) in [5.74, 6) is 1.14. The van der Waals surface area contributed by atoms with Gasteiger partial charge >= 0.3 is 0 Å². The Morgan fingerprint density at radius 3 is 2.67 bits per heavy atom. The maximum absolute atomic E-state index is 12.3. The van der Waals surface area contributed by atoms with Crippen LogP contribution in [0.15, 0.2) is 58.0 Å². The van der Waals surface area contributed by atoms with E-state index in [0.29, 0.717) is 28.6 Å². The first-order chi connectivity index (χ1) is 14.4. The number of nitro groups is 1. The highest BCUT2D eigenvalue weighted by Gasteiger charge is 2.15. The van der Waals surface area contributed by atoms with E-state index in [2.05, 4.69) is 10.5 Å². The Hall–Kier alpha value is -3.85. The standard InChI is InChI=1S/C20H16ClN3O6/c1-28-13-4-6-15(19(10-13)29-2)20(25)23-22-11-14-5-8-18(30-14)12-3-7-16(21)17(9-12)24(26)27/h3-11H,1-2H3,(H,23,25). The number of nitrogens with zero attached hydrogens (tertiary/aromatic N) is 2. The molecule has 2 aromatic carbocycles. The van der Waals surface area contributed by atoms with Gasteiger partial charge in [0, 0.05) is 17.7 Å². The molecule has 3 rings (SSSR count). The summed E-state index contributed by atoms with van der Waals surface area (Å²) in [6.45, 7) is 0. The number of nitro benzene ring substituents is 1. The van der Waals surface area contributed by atoms with Crippen molar-refractivity contribution < 1.29 is 23.6 Å². The number of ether oxygens (including phenoxy) is 2. The summed E-state index contributed by atoms with van der Waals surface area (Å²) < 4.78 is 15.9. The van der Waals surface area contributed by atoms with E-state index in [9.17, 15) is 14.9 Å². The molecule has 0 aliphatic carbocycles. The first kappa shape index (κ1) is 20.9. The average molecular weight is 430 g/mol. The van der Waals surface area contributed by atoms with Gasteiger partial charge in [-0.2, -0.15) is 5.10 Å². The number of methoxy groups -OCH3 is 2. The van der Waals surface area contributed by atoms with Gasteiger partial charge in [0.2, 0.25) is 0 Å². The van der Waals surface area contributed by atoms with Crippen molar-refractivity contribution in [2.24, 2.45) is 5.10 Å². The van der Waals surface area contributed by atoms with Crippen LogP contribution in [0.1, 0.15) is 16.1 Å². The number of furan rings is 1. The Morgan fingerprint density at radius 1 is 1.17 bits per heavy atom. The topological polar surface area (TPSA) is 116 Å². The van der Waals surface area contributed by atoms with Crippen LogP contribution < -0.4 is 14.9 Å². The van der Waals surface area contributed by atoms with Gasteiger partial charge in [0.05, 0.1) is 30.9 Å². The predicted molar refractivity (Wildman–Crippen MR) is 110 cm³/mol. The van der Waals surface area contributed by atoms with Crippen LogP contribution in [-0.4, -0.2) is 31.3 Å². The zero-order chi connectivity index (χ0) is 21.7. The van der Waals surface area contributed by atoms with Gasteiger partial charge in [-0.1, -0.05) is 11.6 Å². The number of carbonyl (C=O) groups excluding carboxylic acids is 1. The number of nitrogens with one attached hydrogen (secondary N) is 1. The first-order valence-corrected chi connectivity index (χ1v) is 8.90. The highest BCUT2D eigenvalue weighted by atomic mass is 35.5. The fourth-order valence-electron chi connectivity index (χ4n) is 2.58. The van der Waals surface area contributed by atoms with E-state index in [-0.39, 0.29) is 16.3 Å². The van der Waals surface area contributed by atoms with Crippen LogP contribution in [0, 0.1) is 10.1 Å². The van der Waals surface area contributed by atoms with E-state index in [1.165, 1.54) is 32.6 Å². The van der Waals surface area contributed by atoms with Crippen molar-refractivity contribution in [1.82, 2.24) is 5.43 Å². The third kappa shape index (κ3) is 4.58. The SMILES string of the molecule is COc1ccc(C(=O)NN=Cc2ccc(-c3ccc(Cl)c([N+](=O)[O-])c3)o2)c(OC)c1. The third-order valence-electron chi connectivity index (χ3n) is 4.07. The second-order valence-corrected chi connectivity index (χ2v) is 6.30. The van der Waals surface area contributed by atoms with Gasteiger partial charge in [-0.3, -0.25) is 14.9 Å². The van der Waals surface area contributed by atoms with Crippen molar-refractivity contribution in [2.45, 2.75) is 0 Å². The molecule has 9 nitrogen and oxygen atoms in total. The summed E-state index contributed by atoms with van der Waals surface area (Å²) >= 11 is 5.82. The Morgan fingerprint density at radius 2 is 1.97 bits per heavy atom. The van der Waals surface area contributed by atoms with E-state index in [1.54, 1.807) is 36.4 Å². The molecule has 0 radical (unpaired) electrons. The Balaban J connectivity index is 1.71. The molecular formula is C20H16ClN3O6. The number of carbonyl (C=O) groups is 1. The molecule has 0 saturated heterocycles. The maximum atomic E-state index is 12.3. The Bertz CT molecular complexity index is 1130. The molecule has 1 heterocycles. The fourth-order valence-corrected chi connectivity index (χ4v) is 2.77. The van der Waals surface area contributed by atoms with Gasteiger partial charge in [-0.25, -0.2) is 5.43 Å². The van der Waals surface area contributed by atoms with Crippen LogP contribution in [0.2, 0.25) is 5.02 Å². The lowest BCUT2D eigenvalue weighted by atomic mass is 10.1. The summed E-state index contributed by atoms with van der Waals surface area (Å²) in [7, 11) is 2.96. The lowest BCUT2D eigenvalue weighted by Crippen LogP contribution is -2.18. The summed E-state index contributed by atoms with van der Waals surface area (Å²) in [4.78, 5) is 22.8. The van der Waals surface area contributed by atoms with Gasteiger partial charge in [-0.15, -0.1) is 0 Å². The minimum atomic E-state index is -0.569. The minimum absolute atomic E-state index is 0.0359. The first-order valence-electron chi connectivity index (χ1n) is 8.52. The lowest BCUT2D eigenvalue weighted by molar-refractivity contribution is -0.384. The largest absolute Gasteiger partial charge is 0.497 e. The van der Waals surface area contributed by atoms with Crippen molar-refractivity contribution in [1.29, 1.82) is 0 Å². The van der Waals surface area contributed by atoms with Gasteiger partial charge in [0.1, 0.15) is 28.0 Å². The molecule has 0 aliphatic rings. The van der Waals surface area contributed by atoms with Crippen LogP contribution in [0.4, 0.5) is 5.69 Å². The molecule has 1 aromatic heterocycles. The molecule has 0 aliphatic heterocycles. The van der Waals surface area contributed by atoms with Crippen LogP contribution >= 0.6 is 11.6 Å². The van der Waals surface area contributed by atoms with Crippen LogP contribution in [-0.2, 0) is 0 Å². The second-order valence-electron chi connectivity index (χ2n) is 5.89. The highest BCUT2D eigenvalue weighted by molar-refractivity contribution is 6.32. The summed E-state index contributed by atoms with van der Waals surface area (Å²) in [6.07, 6.45) is 1.31.